The Morgan fingerprint density at radius 1 is 1.07 bits per heavy atom. The fourth-order valence-corrected chi connectivity index (χ4v) is 3.01. The summed E-state index contributed by atoms with van der Waals surface area (Å²) in [6.45, 7) is 0.493. The monoisotopic (exact) mass is 391 g/mol. The van der Waals surface area contributed by atoms with E-state index in [0.717, 1.165) is 30.4 Å². The first-order valence-electron chi connectivity index (χ1n) is 9.30. The molecule has 0 unspecified atom stereocenters. The number of hydrogen-bond acceptors (Lipinski definition) is 6. The molecule has 0 atom stereocenters. The van der Waals surface area contributed by atoms with Crippen LogP contribution in [0.4, 0.5) is 4.39 Å². The van der Waals surface area contributed by atoms with Crippen LogP contribution in [0.15, 0.2) is 33.5 Å². The molecule has 9 heteroatoms. The molecule has 1 aromatic heterocycles. The zero-order valence-electron chi connectivity index (χ0n) is 15.4. The molecule has 0 spiro atoms. The summed E-state index contributed by atoms with van der Waals surface area (Å²) < 4.78 is 23.8. The predicted octanol–water partition coefficient (Wildman–Crippen LogP) is 1.98. The van der Waals surface area contributed by atoms with Crippen molar-refractivity contribution in [3.8, 4) is 11.5 Å². The largest absolute Gasteiger partial charge is 0.454 e. The van der Waals surface area contributed by atoms with Crippen molar-refractivity contribution in [3.63, 3.8) is 0 Å². The van der Waals surface area contributed by atoms with Gasteiger partial charge in [-0.25, -0.2) is 9.18 Å². The van der Waals surface area contributed by atoms with Gasteiger partial charge in [-0.2, -0.15) is 4.68 Å². The quantitative estimate of drug-likeness (QED) is 0.724. The topological polar surface area (TPSA) is 94.6 Å². The van der Waals surface area contributed by atoms with Gasteiger partial charge in [0, 0.05) is 18.7 Å². The van der Waals surface area contributed by atoms with Crippen LogP contribution < -0.4 is 5.76 Å². The minimum atomic E-state index is -0.841. The highest BCUT2D eigenvalue weighted by molar-refractivity contribution is 5.80. The first-order valence-corrected chi connectivity index (χ1v) is 9.30. The third-order valence-corrected chi connectivity index (χ3v) is 4.54. The van der Waals surface area contributed by atoms with E-state index in [1.54, 1.807) is 4.90 Å². The van der Waals surface area contributed by atoms with Crippen LogP contribution in [0.1, 0.15) is 32.1 Å². The molecule has 3 rings (SSSR count). The van der Waals surface area contributed by atoms with Crippen LogP contribution in [-0.4, -0.2) is 46.3 Å². The van der Waals surface area contributed by atoms with Crippen molar-refractivity contribution >= 4 is 11.9 Å². The van der Waals surface area contributed by atoms with Gasteiger partial charge in [0.2, 0.25) is 5.89 Å². The number of carbonyl (C=O) groups is 2. The Hall–Kier alpha value is -2.97. The Balaban J connectivity index is 1.54. The highest BCUT2D eigenvalue weighted by Gasteiger charge is 2.18. The van der Waals surface area contributed by atoms with Crippen LogP contribution in [0, 0.1) is 5.82 Å². The summed E-state index contributed by atoms with van der Waals surface area (Å²) in [6.07, 6.45) is 5.26. The Morgan fingerprint density at radius 3 is 2.39 bits per heavy atom. The number of esters is 1. The van der Waals surface area contributed by atoms with Gasteiger partial charge in [-0.3, -0.25) is 9.59 Å². The average Bonchev–Trinajstić information content (AvgIpc) is 3.00. The molecule has 1 aliphatic rings. The number of rotatable bonds is 5. The second kappa shape index (κ2) is 9.29. The Morgan fingerprint density at radius 2 is 1.71 bits per heavy atom. The number of amides is 1. The molecule has 1 aromatic carbocycles. The third kappa shape index (κ3) is 5.28. The molecule has 0 saturated carbocycles. The summed E-state index contributed by atoms with van der Waals surface area (Å²) in [5, 5.41) is 3.91. The lowest BCUT2D eigenvalue weighted by Gasteiger charge is -2.24. The summed E-state index contributed by atoms with van der Waals surface area (Å²) in [6, 6.07) is 5.23. The minimum absolute atomic E-state index is 0.0329. The molecule has 0 radical (unpaired) electrons. The smallest absolute Gasteiger partial charge is 0.437 e. The zero-order chi connectivity index (χ0) is 19.9. The number of likely N-dealkylation sites (tertiary alicyclic amines) is 1. The summed E-state index contributed by atoms with van der Waals surface area (Å²) in [5.41, 5.74) is 0.401. The van der Waals surface area contributed by atoms with Gasteiger partial charge in [0.05, 0.1) is 0 Å². The maximum Gasteiger partial charge on any atom is 0.437 e. The fraction of sp³-hybridized carbons (Fsp3) is 0.474. The molecule has 0 N–H and O–H groups in total. The molecule has 150 valence electrons. The molecule has 28 heavy (non-hydrogen) atoms. The number of halogens is 1. The Labute approximate surface area is 160 Å². The highest BCUT2D eigenvalue weighted by atomic mass is 19.1. The Kier molecular flexibility index (Phi) is 6.57. The van der Waals surface area contributed by atoms with Crippen molar-refractivity contribution in [3.05, 3.63) is 40.6 Å². The number of hydrogen-bond donors (Lipinski definition) is 0. The summed E-state index contributed by atoms with van der Waals surface area (Å²) in [4.78, 5) is 37.8. The molecule has 1 fully saturated rings. The number of aromatic nitrogens is 2. The molecular formula is C19H22FN3O5. The van der Waals surface area contributed by atoms with Crippen LogP contribution in [0.3, 0.4) is 0 Å². The number of nitrogens with zero attached hydrogens (tertiary/aromatic N) is 3. The fourth-order valence-electron chi connectivity index (χ4n) is 3.01. The second-order valence-corrected chi connectivity index (χ2v) is 6.65. The summed E-state index contributed by atoms with van der Waals surface area (Å²) in [5.74, 6) is -2.31. The number of benzene rings is 1. The SMILES string of the molecule is O=C(Cn1nc(-c2ccc(F)cc2)oc1=O)OCC(=O)N1CCCCCCC1. The molecule has 8 nitrogen and oxygen atoms in total. The van der Waals surface area contributed by atoms with Gasteiger partial charge in [-0.05, 0) is 37.1 Å². The normalized spacial score (nSPS) is 15.0. The summed E-state index contributed by atoms with van der Waals surface area (Å²) >= 11 is 0. The second-order valence-electron chi connectivity index (χ2n) is 6.65. The maximum atomic E-state index is 13.0. The van der Waals surface area contributed by atoms with Crippen molar-refractivity contribution in [2.75, 3.05) is 19.7 Å². The summed E-state index contributed by atoms with van der Waals surface area (Å²) in [7, 11) is 0. The van der Waals surface area contributed by atoms with Crippen molar-refractivity contribution < 1.29 is 23.1 Å². The predicted molar refractivity (Wildman–Crippen MR) is 96.8 cm³/mol. The molecule has 1 amide bonds. The molecule has 2 heterocycles. The first-order chi connectivity index (χ1) is 13.5. The van der Waals surface area contributed by atoms with Crippen molar-refractivity contribution in [1.82, 2.24) is 14.7 Å². The van der Waals surface area contributed by atoms with E-state index in [-0.39, 0.29) is 18.4 Å². The van der Waals surface area contributed by atoms with Crippen molar-refractivity contribution in [1.29, 1.82) is 0 Å². The van der Waals surface area contributed by atoms with Gasteiger partial charge in [0.15, 0.2) is 6.61 Å². The van der Waals surface area contributed by atoms with Gasteiger partial charge >= 0.3 is 11.7 Å². The number of carbonyl (C=O) groups excluding carboxylic acids is 2. The van der Waals surface area contributed by atoms with Gasteiger partial charge < -0.3 is 14.1 Å². The van der Waals surface area contributed by atoms with E-state index in [9.17, 15) is 18.8 Å². The molecule has 0 aliphatic carbocycles. The van der Waals surface area contributed by atoms with E-state index in [1.165, 1.54) is 30.7 Å². The maximum absolute atomic E-state index is 13.0. The van der Waals surface area contributed by atoms with Gasteiger partial charge in [0.25, 0.3) is 5.91 Å². The molecule has 1 aliphatic heterocycles. The average molecular weight is 391 g/mol. The van der Waals surface area contributed by atoms with Gasteiger partial charge in [0.1, 0.15) is 12.4 Å². The van der Waals surface area contributed by atoms with E-state index in [1.807, 2.05) is 0 Å². The van der Waals surface area contributed by atoms with Crippen LogP contribution in [-0.2, 0) is 20.9 Å². The lowest BCUT2D eigenvalue weighted by Crippen LogP contribution is -2.37. The lowest BCUT2D eigenvalue weighted by molar-refractivity contribution is -0.152. The van der Waals surface area contributed by atoms with Crippen LogP contribution in [0.2, 0.25) is 0 Å². The van der Waals surface area contributed by atoms with E-state index in [0.29, 0.717) is 18.7 Å². The molecule has 0 bridgehead atoms. The van der Waals surface area contributed by atoms with Crippen LogP contribution >= 0.6 is 0 Å². The van der Waals surface area contributed by atoms with E-state index in [4.69, 9.17) is 9.15 Å². The van der Waals surface area contributed by atoms with E-state index < -0.39 is 24.1 Å². The van der Waals surface area contributed by atoms with Crippen LogP contribution in [0.5, 0.6) is 0 Å². The molecule has 2 aromatic rings. The van der Waals surface area contributed by atoms with Crippen molar-refractivity contribution in [2.24, 2.45) is 0 Å². The van der Waals surface area contributed by atoms with E-state index >= 15 is 0 Å². The van der Waals surface area contributed by atoms with Crippen LogP contribution in [0.25, 0.3) is 11.5 Å². The standard InChI is InChI=1S/C19H22FN3O5/c20-15-8-6-14(7-9-15)18-21-23(19(26)28-18)12-17(25)27-13-16(24)22-10-4-2-1-3-5-11-22/h6-9H,1-5,10-13H2. The Bertz CT molecular complexity index is 866. The number of ether oxygens (including phenoxy) is 1. The molecular weight excluding hydrogens is 369 g/mol. The zero-order valence-corrected chi connectivity index (χ0v) is 15.4. The van der Waals surface area contributed by atoms with E-state index in [2.05, 4.69) is 5.10 Å². The highest BCUT2D eigenvalue weighted by Crippen LogP contribution is 2.15. The van der Waals surface area contributed by atoms with Gasteiger partial charge in [-0.15, -0.1) is 5.10 Å². The third-order valence-electron chi connectivity index (χ3n) is 4.54. The van der Waals surface area contributed by atoms with Gasteiger partial charge in [-0.1, -0.05) is 19.3 Å². The first kappa shape index (κ1) is 19.8. The molecule has 1 saturated heterocycles. The van der Waals surface area contributed by atoms with Crippen molar-refractivity contribution in [2.45, 2.75) is 38.6 Å². The lowest BCUT2D eigenvalue weighted by atomic mass is 10.1. The minimum Gasteiger partial charge on any atom is -0.454 e.